The Morgan fingerprint density at radius 3 is 2.73 bits per heavy atom. The van der Waals surface area contributed by atoms with E-state index in [9.17, 15) is 0 Å². The lowest BCUT2D eigenvalue weighted by atomic mass is 10.0. The zero-order valence-electron chi connectivity index (χ0n) is 8.41. The molecule has 3 heteroatoms. The molecule has 1 heterocycles. The highest BCUT2D eigenvalue weighted by molar-refractivity contribution is 7.10. The van der Waals surface area contributed by atoms with Crippen molar-refractivity contribution in [3.05, 3.63) is 56.7 Å². The van der Waals surface area contributed by atoms with Crippen LogP contribution in [0.4, 0.5) is 0 Å². The Morgan fingerprint density at radius 2 is 2.13 bits per heavy atom. The van der Waals surface area contributed by atoms with Gasteiger partial charge in [-0.25, -0.2) is 0 Å². The highest BCUT2D eigenvalue weighted by atomic mass is 35.5. The monoisotopic (exact) mass is 237 g/mol. The fourth-order valence-corrected chi connectivity index (χ4v) is 2.58. The van der Waals surface area contributed by atoms with E-state index in [4.69, 9.17) is 17.3 Å². The number of nitrogens with two attached hydrogens (primary N) is 1. The van der Waals surface area contributed by atoms with Crippen LogP contribution in [0, 0.1) is 6.92 Å². The van der Waals surface area contributed by atoms with E-state index >= 15 is 0 Å². The molecule has 1 aromatic heterocycles. The Bertz CT molecular complexity index is 451. The maximum Gasteiger partial charge on any atom is 0.0648 e. The van der Waals surface area contributed by atoms with Gasteiger partial charge in [-0.3, -0.25) is 0 Å². The van der Waals surface area contributed by atoms with E-state index in [-0.39, 0.29) is 6.04 Å². The van der Waals surface area contributed by atoms with Gasteiger partial charge in [-0.15, -0.1) is 11.3 Å². The number of halogens is 1. The number of hydrogen-bond donors (Lipinski definition) is 1. The number of benzene rings is 1. The van der Waals surface area contributed by atoms with Gasteiger partial charge in [0, 0.05) is 9.90 Å². The summed E-state index contributed by atoms with van der Waals surface area (Å²) in [6, 6.07) is 9.88. The highest BCUT2D eigenvalue weighted by Crippen LogP contribution is 2.27. The molecule has 0 aliphatic rings. The molecule has 2 rings (SSSR count). The van der Waals surface area contributed by atoms with Crippen LogP contribution in [0.25, 0.3) is 0 Å². The number of aryl methyl sites for hydroxylation is 1. The molecule has 0 amide bonds. The van der Waals surface area contributed by atoms with Crippen LogP contribution in [0.3, 0.4) is 0 Å². The summed E-state index contributed by atoms with van der Waals surface area (Å²) < 4.78 is 0. The smallest absolute Gasteiger partial charge is 0.0648 e. The lowest BCUT2D eigenvalue weighted by Gasteiger charge is -2.13. The summed E-state index contributed by atoms with van der Waals surface area (Å²) in [5.41, 5.74) is 8.46. The van der Waals surface area contributed by atoms with E-state index in [1.165, 1.54) is 4.88 Å². The van der Waals surface area contributed by atoms with Gasteiger partial charge in [-0.1, -0.05) is 23.7 Å². The normalized spacial score (nSPS) is 12.7. The standard InChI is InChI=1S/C12H12ClNS/c1-8-7-9(13)4-5-10(8)12(14)11-3-2-6-15-11/h2-7,12H,14H2,1H3. The highest BCUT2D eigenvalue weighted by Gasteiger charge is 2.11. The molecule has 78 valence electrons. The predicted octanol–water partition coefficient (Wildman–Crippen LogP) is 3.76. The second-order valence-electron chi connectivity index (χ2n) is 3.49. The van der Waals surface area contributed by atoms with Gasteiger partial charge >= 0.3 is 0 Å². The fraction of sp³-hybridized carbons (Fsp3) is 0.167. The molecule has 0 radical (unpaired) electrons. The molecule has 2 N–H and O–H groups in total. The van der Waals surface area contributed by atoms with Crippen LogP contribution in [-0.2, 0) is 0 Å². The molecule has 15 heavy (non-hydrogen) atoms. The molecule has 0 fully saturated rings. The second kappa shape index (κ2) is 4.35. The lowest BCUT2D eigenvalue weighted by molar-refractivity contribution is 0.883. The molecule has 1 aromatic carbocycles. The summed E-state index contributed by atoms with van der Waals surface area (Å²) >= 11 is 7.59. The Balaban J connectivity index is 2.38. The van der Waals surface area contributed by atoms with E-state index in [1.807, 2.05) is 36.6 Å². The van der Waals surface area contributed by atoms with Crippen molar-refractivity contribution in [1.29, 1.82) is 0 Å². The van der Waals surface area contributed by atoms with Crippen molar-refractivity contribution < 1.29 is 0 Å². The first-order valence-corrected chi connectivity index (χ1v) is 5.99. The summed E-state index contributed by atoms with van der Waals surface area (Å²) in [7, 11) is 0. The van der Waals surface area contributed by atoms with Crippen molar-refractivity contribution in [2.75, 3.05) is 0 Å². The first kappa shape index (κ1) is 10.7. The van der Waals surface area contributed by atoms with Crippen LogP contribution in [0.1, 0.15) is 22.0 Å². The average molecular weight is 238 g/mol. The SMILES string of the molecule is Cc1cc(Cl)ccc1C(N)c1cccs1. The third-order valence-electron chi connectivity index (χ3n) is 2.42. The van der Waals surface area contributed by atoms with Gasteiger partial charge < -0.3 is 5.73 Å². The first-order valence-electron chi connectivity index (χ1n) is 4.73. The van der Waals surface area contributed by atoms with Gasteiger partial charge in [-0.05, 0) is 41.6 Å². The van der Waals surface area contributed by atoms with Crippen molar-refractivity contribution in [1.82, 2.24) is 0 Å². The Hall–Kier alpha value is -0.830. The Labute approximate surface area is 98.5 Å². The molecule has 1 unspecified atom stereocenters. The zero-order valence-corrected chi connectivity index (χ0v) is 9.98. The summed E-state index contributed by atoms with van der Waals surface area (Å²) in [6.07, 6.45) is 0. The molecular weight excluding hydrogens is 226 g/mol. The Morgan fingerprint density at radius 1 is 1.33 bits per heavy atom. The molecule has 0 saturated carbocycles. The number of hydrogen-bond acceptors (Lipinski definition) is 2. The summed E-state index contributed by atoms with van der Waals surface area (Å²) in [6.45, 7) is 2.04. The quantitative estimate of drug-likeness (QED) is 0.846. The maximum atomic E-state index is 6.18. The van der Waals surface area contributed by atoms with E-state index in [2.05, 4.69) is 6.07 Å². The van der Waals surface area contributed by atoms with Crippen LogP contribution in [-0.4, -0.2) is 0 Å². The second-order valence-corrected chi connectivity index (χ2v) is 4.91. The van der Waals surface area contributed by atoms with Gasteiger partial charge in [0.25, 0.3) is 0 Å². The molecular formula is C12H12ClNS. The molecule has 0 aliphatic heterocycles. The summed E-state index contributed by atoms with van der Waals surface area (Å²) in [5.74, 6) is 0. The van der Waals surface area contributed by atoms with E-state index in [1.54, 1.807) is 11.3 Å². The first-order chi connectivity index (χ1) is 7.18. The number of rotatable bonds is 2. The van der Waals surface area contributed by atoms with Gasteiger partial charge in [0.05, 0.1) is 6.04 Å². The maximum absolute atomic E-state index is 6.18. The third-order valence-corrected chi connectivity index (χ3v) is 3.61. The van der Waals surface area contributed by atoms with Crippen molar-refractivity contribution >= 4 is 22.9 Å². The lowest BCUT2D eigenvalue weighted by Crippen LogP contribution is -2.11. The van der Waals surface area contributed by atoms with Crippen molar-refractivity contribution in [2.24, 2.45) is 5.73 Å². The van der Waals surface area contributed by atoms with E-state index in [0.717, 1.165) is 16.1 Å². The van der Waals surface area contributed by atoms with Crippen LogP contribution in [0.5, 0.6) is 0 Å². The summed E-state index contributed by atoms with van der Waals surface area (Å²) in [5, 5.41) is 2.80. The van der Waals surface area contributed by atoms with E-state index < -0.39 is 0 Å². The molecule has 2 aromatic rings. The zero-order chi connectivity index (χ0) is 10.8. The van der Waals surface area contributed by atoms with Gasteiger partial charge in [0.15, 0.2) is 0 Å². The average Bonchev–Trinajstić information content (AvgIpc) is 2.69. The van der Waals surface area contributed by atoms with Gasteiger partial charge in [0.2, 0.25) is 0 Å². The largest absolute Gasteiger partial charge is 0.320 e. The molecule has 0 aliphatic carbocycles. The molecule has 0 saturated heterocycles. The summed E-state index contributed by atoms with van der Waals surface area (Å²) in [4.78, 5) is 1.18. The Kier molecular flexibility index (Phi) is 3.10. The molecule has 0 bridgehead atoms. The topological polar surface area (TPSA) is 26.0 Å². The minimum absolute atomic E-state index is 0.0396. The van der Waals surface area contributed by atoms with Gasteiger partial charge in [-0.2, -0.15) is 0 Å². The third kappa shape index (κ3) is 2.23. The van der Waals surface area contributed by atoms with Crippen molar-refractivity contribution in [3.8, 4) is 0 Å². The molecule has 0 spiro atoms. The molecule has 1 atom stereocenters. The molecule has 1 nitrogen and oxygen atoms in total. The fourth-order valence-electron chi connectivity index (χ4n) is 1.61. The van der Waals surface area contributed by atoms with Crippen LogP contribution in [0.2, 0.25) is 5.02 Å². The van der Waals surface area contributed by atoms with Crippen LogP contribution < -0.4 is 5.73 Å². The van der Waals surface area contributed by atoms with Crippen LogP contribution in [0.15, 0.2) is 35.7 Å². The van der Waals surface area contributed by atoms with Crippen molar-refractivity contribution in [2.45, 2.75) is 13.0 Å². The van der Waals surface area contributed by atoms with Crippen LogP contribution >= 0.6 is 22.9 Å². The minimum Gasteiger partial charge on any atom is -0.320 e. The van der Waals surface area contributed by atoms with E-state index in [0.29, 0.717) is 0 Å². The van der Waals surface area contributed by atoms with Gasteiger partial charge in [0.1, 0.15) is 0 Å². The van der Waals surface area contributed by atoms with Crippen molar-refractivity contribution in [3.63, 3.8) is 0 Å². The predicted molar refractivity (Wildman–Crippen MR) is 66.5 cm³/mol. The number of thiophene rings is 1. The minimum atomic E-state index is -0.0396.